The molecule has 1 heterocycles. The molecule has 0 radical (unpaired) electrons. The van der Waals surface area contributed by atoms with E-state index in [4.69, 9.17) is 32.7 Å². The van der Waals surface area contributed by atoms with Gasteiger partial charge in [-0.15, -0.1) is 0 Å². The first kappa shape index (κ1) is 19.2. The summed E-state index contributed by atoms with van der Waals surface area (Å²) in [7, 11) is 0. The molecule has 0 saturated carbocycles. The summed E-state index contributed by atoms with van der Waals surface area (Å²) in [5.41, 5.74) is 0.700. The molecular weight excluding hydrogens is 393 g/mol. The Kier molecular flexibility index (Phi) is 5.68. The number of imide groups is 1. The van der Waals surface area contributed by atoms with Gasteiger partial charge in [-0.05, 0) is 37.3 Å². The first-order valence-electron chi connectivity index (χ1n) is 8.12. The molecule has 0 saturated heterocycles. The van der Waals surface area contributed by atoms with Crippen LogP contribution >= 0.6 is 23.2 Å². The van der Waals surface area contributed by atoms with E-state index in [9.17, 15) is 14.4 Å². The quantitative estimate of drug-likeness (QED) is 0.540. The van der Waals surface area contributed by atoms with Crippen molar-refractivity contribution < 1.29 is 23.9 Å². The summed E-state index contributed by atoms with van der Waals surface area (Å²) in [4.78, 5) is 37.6. The fourth-order valence-corrected chi connectivity index (χ4v) is 3.06. The largest absolute Gasteiger partial charge is 0.477 e. The van der Waals surface area contributed by atoms with E-state index in [1.54, 1.807) is 36.4 Å². The van der Waals surface area contributed by atoms with Crippen molar-refractivity contribution in [2.75, 3.05) is 13.2 Å². The van der Waals surface area contributed by atoms with E-state index in [2.05, 4.69) is 0 Å². The lowest BCUT2D eigenvalue weighted by atomic mass is 10.1. The van der Waals surface area contributed by atoms with E-state index < -0.39 is 23.9 Å². The van der Waals surface area contributed by atoms with E-state index in [0.29, 0.717) is 21.9 Å². The number of halogens is 2. The van der Waals surface area contributed by atoms with E-state index in [0.717, 1.165) is 4.90 Å². The van der Waals surface area contributed by atoms with Gasteiger partial charge in [0.1, 0.15) is 12.4 Å². The van der Waals surface area contributed by atoms with Crippen molar-refractivity contribution in [2.24, 2.45) is 0 Å². The number of amides is 2. The van der Waals surface area contributed by atoms with E-state index >= 15 is 0 Å². The second-order valence-corrected chi connectivity index (χ2v) is 6.65. The number of benzene rings is 2. The van der Waals surface area contributed by atoms with Gasteiger partial charge in [0.25, 0.3) is 11.8 Å². The molecule has 140 valence electrons. The molecule has 6 nitrogen and oxygen atoms in total. The summed E-state index contributed by atoms with van der Waals surface area (Å²) in [6, 6.07) is 11.2. The van der Waals surface area contributed by atoms with Crippen LogP contribution in [0.15, 0.2) is 42.5 Å². The Morgan fingerprint density at radius 1 is 1.07 bits per heavy atom. The van der Waals surface area contributed by atoms with Crippen molar-refractivity contribution >= 4 is 41.0 Å². The molecule has 0 fully saturated rings. The molecule has 27 heavy (non-hydrogen) atoms. The van der Waals surface area contributed by atoms with Crippen molar-refractivity contribution in [3.8, 4) is 5.75 Å². The molecule has 2 aromatic rings. The second kappa shape index (κ2) is 7.98. The predicted octanol–water partition coefficient (Wildman–Crippen LogP) is 3.60. The lowest BCUT2D eigenvalue weighted by Gasteiger charge is -2.17. The van der Waals surface area contributed by atoms with Crippen molar-refractivity contribution in [3.63, 3.8) is 0 Å². The van der Waals surface area contributed by atoms with Crippen molar-refractivity contribution in [1.29, 1.82) is 0 Å². The van der Waals surface area contributed by atoms with Gasteiger partial charge >= 0.3 is 5.97 Å². The van der Waals surface area contributed by atoms with E-state index in [1.807, 2.05) is 0 Å². The number of esters is 1. The van der Waals surface area contributed by atoms with Gasteiger partial charge in [0.05, 0.1) is 22.7 Å². The molecule has 0 N–H and O–H groups in total. The Bertz CT molecular complexity index is 880. The minimum Gasteiger partial charge on any atom is -0.477 e. The van der Waals surface area contributed by atoms with Crippen LogP contribution in [0.1, 0.15) is 27.6 Å². The molecule has 0 spiro atoms. The zero-order valence-corrected chi connectivity index (χ0v) is 15.8. The smallest absolute Gasteiger partial charge is 0.347 e. The molecule has 3 rings (SSSR count). The third-order valence-corrected chi connectivity index (χ3v) is 4.50. The Hall–Kier alpha value is -2.57. The van der Waals surface area contributed by atoms with Gasteiger partial charge in [0.15, 0.2) is 6.10 Å². The SMILES string of the molecule is C[C@H](Oc1ccc(Cl)cc1Cl)C(=O)OCCN1C(=O)c2ccccc2C1=O. The average Bonchev–Trinajstić information content (AvgIpc) is 2.89. The lowest BCUT2D eigenvalue weighted by Crippen LogP contribution is -2.35. The number of rotatable bonds is 6. The normalized spacial score (nSPS) is 14.1. The Morgan fingerprint density at radius 3 is 2.30 bits per heavy atom. The molecule has 0 aliphatic carbocycles. The highest BCUT2D eigenvalue weighted by atomic mass is 35.5. The first-order chi connectivity index (χ1) is 12.9. The molecular formula is C19H15Cl2NO5. The third-order valence-electron chi connectivity index (χ3n) is 3.97. The molecule has 1 aliphatic rings. The fraction of sp³-hybridized carbons (Fsp3) is 0.211. The maximum absolute atomic E-state index is 12.2. The van der Waals surface area contributed by atoms with Gasteiger partial charge in [-0.3, -0.25) is 14.5 Å². The van der Waals surface area contributed by atoms with Crippen LogP contribution in [-0.4, -0.2) is 41.9 Å². The van der Waals surface area contributed by atoms with Crippen LogP contribution in [0.2, 0.25) is 10.0 Å². The Labute approximate surface area is 165 Å². The van der Waals surface area contributed by atoms with Gasteiger partial charge in [-0.2, -0.15) is 0 Å². The van der Waals surface area contributed by atoms with Crippen molar-refractivity contribution in [3.05, 3.63) is 63.6 Å². The van der Waals surface area contributed by atoms with Crippen LogP contribution in [0.5, 0.6) is 5.75 Å². The molecule has 0 unspecified atom stereocenters. The molecule has 1 atom stereocenters. The van der Waals surface area contributed by atoms with Crippen LogP contribution in [0.25, 0.3) is 0 Å². The standard InChI is InChI=1S/C19H15Cl2NO5/c1-11(27-16-7-6-12(20)10-15(16)21)19(25)26-9-8-22-17(23)13-4-2-3-5-14(13)18(22)24/h2-7,10-11H,8-9H2,1H3/t11-/m0/s1. The lowest BCUT2D eigenvalue weighted by molar-refractivity contribution is -0.151. The number of hydrogen-bond donors (Lipinski definition) is 0. The topological polar surface area (TPSA) is 72.9 Å². The van der Waals surface area contributed by atoms with Crippen LogP contribution < -0.4 is 4.74 Å². The Morgan fingerprint density at radius 2 is 1.70 bits per heavy atom. The fourth-order valence-electron chi connectivity index (χ4n) is 2.61. The minimum absolute atomic E-state index is 0.0352. The highest BCUT2D eigenvalue weighted by Crippen LogP contribution is 2.28. The number of nitrogens with zero attached hydrogens (tertiary/aromatic N) is 1. The first-order valence-corrected chi connectivity index (χ1v) is 8.87. The van der Waals surface area contributed by atoms with Crippen LogP contribution in [-0.2, 0) is 9.53 Å². The molecule has 2 amide bonds. The van der Waals surface area contributed by atoms with Crippen LogP contribution in [0, 0.1) is 0 Å². The predicted molar refractivity (Wildman–Crippen MR) is 99.3 cm³/mol. The zero-order chi connectivity index (χ0) is 19.6. The zero-order valence-electron chi connectivity index (χ0n) is 14.3. The molecule has 0 bridgehead atoms. The highest BCUT2D eigenvalue weighted by molar-refractivity contribution is 6.35. The summed E-state index contributed by atoms with van der Waals surface area (Å²) in [6.45, 7) is 1.34. The molecule has 2 aromatic carbocycles. The summed E-state index contributed by atoms with van der Waals surface area (Å²) in [6.07, 6.45) is -0.925. The molecule has 8 heteroatoms. The number of carbonyl (C=O) groups is 3. The molecule has 1 aliphatic heterocycles. The van der Waals surface area contributed by atoms with Gasteiger partial charge < -0.3 is 9.47 Å². The summed E-state index contributed by atoms with van der Waals surface area (Å²) in [5, 5.41) is 0.719. The van der Waals surface area contributed by atoms with Gasteiger partial charge in [0, 0.05) is 5.02 Å². The monoisotopic (exact) mass is 407 g/mol. The van der Waals surface area contributed by atoms with E-state index in [1.165, 1.54) is 13.0 Å². The Balaban J connectivity index is 1.52. The van der Waals surface area contributed by atoms with Gasteiger partial charge in [-0.1, -0.05) is 35.3 Å². The van der Waals surface area contributed by atoms with Crippen molar-refractivity contribution in [2.45, 2.75) is 13.0 Å². The highest BCUT2D eigenvalue weighted by Gasteiger charge is 2.35. The number of fused-ring (bicyclic) bond motifs is 1. The van der Waals surface area contributed by atoms with Gasteiger partial charge in [-0.25, -0.2) is 4.79 Å². The van der Waals surface area contributed by atoms with Crippen molar-refractivity contribution in [1.82, 2.24) is 4.90 Å². The maximum Gasteiger partial charge on any atom is 0.347 e. The van der Waals surface area contributed by atoms with Crippen LogP contribution in [0.4, 0.5) is 0 Å². The summed E-state index contributed by atoms with van der Waals surface area (Å²) in [5.74, 6) is -1.14. The van der Waals surface area contributed by atoms with Crippen LogP contribution in [0.3, 0.4) is 0 Å². The molecule has 0 aromatic heterocycles. The average molecular weight is 408 g/mol. The third kappa shape index (κ3) is 4.07. The number of carbonyl (C=O) groups excluding carboxylic acids is 3. The number of hydrogen-bond acceptors (Lipinski definition) is 5. The number of ether oxygens (including phenoxy) is 2. The summed E-state index contributed by atoms with van der Waals surface area (Å²) < 4.78 is 10.6. The maximum atomic E-state index is 12.2. The van der Waals surface area contributed by atoms with Gasteiger partial charge in [0.2, 0.25) is 0 Å². The minimum atomic E-state index is -0.925. The second-order valence-electron chi connectivity index (χ2n) is 5.81. The van der Waals surface area contributed by atoms with E-state index in [-0.39, 0.29) is 18.2 Å². The summed E-state index contributed by atoms with van der Waals surface area (Å²) >= 11 is 11.8.